The van der Waals surface area contributed by atoms with Gasteiger partial charge in [-0.05, 0) is 51.2 Å². The van der Waals surface area contributed by atoms with Crippen molar-refractivity contribution in [2.24, 2.45) is 0 Å². The average molecular weight is 621 g/mol. The van der Waals surface area contributed by atoms with Crippen LogP contribution in [0.1, 0.15) is 74.0 Å². The Kier molecular flexibility index (Phi) is 7.80. The van der Waals surface area contributed by atoms with Gasteiger partial charge in [0.05, 0.1) is 37.0 Å². The van der Waals surface area contributed by atoms with Crippen molar-refractivity contribution in [2.75, 3.05) is 55.7 Å². The lowest BCUT2D eigenvalue weighted by atomic mass is 9.81. The van der Waals surface area contributed by atoms with Crippen LogP contribution < -0.4 is 9.80 Å². The first-order valence-corrected chi connectivity index (χ1v) is 16.3. The van der Waals surface area contributed by atoms with Crippen molar-refractivity contribution in [3.05, 3.63) is 47.4 Å². The molecule has 240 valence electrons. The molecule has 0 radical (unpaired) electrons. The number of hydrogen-bond donors (Lipinski definition) is 0. The number of carbonyl (C=O) groups is 1. The molecule has 0 saturated carbocycles. The van der Waals surface area contributed by atoms with E-state index in [0.717, 1.165) is 49.4 Å². The smallest absolute Gasteiger partial charge is 0.280 e. The fourth-order valence-electron chi connectivity index (χ4n) is 8.64. The van der Waals surface area contributed by atoms with Crippen LogP contribution in [0.5, 0.6) is 0 Å². The number of alkyl halides is 2. The summed E-state index contributed by atoms with van der Waals surface area (Å²) in [4.78, 5) is 25.6. The minimum absolute atomic E-state index is 0.00891. The highest BCUT2D eigenvalue weighted by Gasteiger charge is 2.49. The molecule has 0 aromatic carbocycles. The van der Waals surface area contributed by atoms with E-state index in [0.29, 0.717) is 69.3 Å². The van der Waals surface area contributed by atoms with Crippen molar-refractivity contribution < 1.29 is 18.3 Å². The van der Waals surface area contributed by atoms with Crippen molar-refractivity contribution in [1.82, 2.24) is 24.6 Å². The van der Waals surface area contributed by atoms with Gasteiger partial charge in [0, 0.05) is 81.1 Å². The van der Waals surface area contributed by atoms with Crippen molar-refractivity contribution >= 4 is 17.4 Å². The van der Waals surface area contributed by atoms with Gasteiger partial charge < -0.3 is 19.4 Å². The van der Waals surface area contributed by atoms with Crippen LogP contribution in [0.15, 0.2) is 24.9 Å². The second-order valence-corrected chi connectivity index (χ2v) is 13.3. The number of nitrogens with zero attached hydrogens (tertiary/aromatic N) is 8. The molecule has 1 spiro atoms. The number of hydrogen-bond acceptors (Lipinski definition) is 8. The molecule has 45 heavy (non-hydrogen) atoms. The highest BCUT2D eigenvalue weighted by molar-refractivity contribution is 5.87. The number of rotatable bonds is 5. The molecule has 5 aliphatic rings. The van der Waals surface area contributed by atoms with E-state index in [1.807, 2.05) is 22.7 Å². The molecule has 2 aromatic rings. The Morgan fingerprint density at radius 2 is 2.04 bits per heavy atom. The quantitative estimate of drug-likeness (QED) is 0.461. The molecule has 0 aliphatic carbocycles. The molecule has 3 fully saturated rings. The first kappa shape index (κ1) is 30.1. The van der Waals surface area contributed by atoms with Gasteiger partial charge in [0.1, 0.15) is 17.1 Å². The third-order valence-corrected chi connectivity index (χ3v) is 10.9. The number of piperidine rings is 1. The maximum atomic E-state index is 14.6. The number of halogens is 2. The molecule has 0 bridgehead atoms. The molecular formula is C33H42F2N8O2. The van der Waals surface area contributed by atoms with E-state index in [1.165, 1.54) is 6.08 Å². The summed E-state index contributed by atoms with van der Waals surface area (Å²) in [6.07, 6.45) is 4.68. The molecule has 1 amide bonds. The van der Waals surface area contributed by atoms with Gasteiger partial charge in [0.25, 0.3) is 6.43 Å². The maximum Gasteiger partial charge on any atom is 0.280 e. The highest BCUT2D eigenvalue weighted by Crippen LogP contribution is 2.48. The molecular weight excluding hydrogens is 578 g/mol. The third kappa shape index (κ3) is 4.99. The zero-order valence-electron chi connectivity index (χ0n) is 26.2. The van der Waals surface area contributed by atoms with E-state index >= 15 is 0 Å². The monoisotopic (exact) mass is 620 g/mol. The van der Waals surface area contributed by atoms with Crippen LogP contribution in [0.2, 0.25) is 0 Å². The fraction of sp³-hybridized carbons (Fsp3) is 0.636. The lowest BCUT2D eigenvalue weighted by molar-refractivity contribution is -0.128. The van der Waals surface area contributed by atoms with E-state index in [1.54, 1.807) is 0 Å². The number of pyridine rings is 1. The number of anilines is 2. The summed E-state index contributed by atoms with van der Waals surface area (Å²) in [6.45, 7) is 12.6. The number of carbonyl (C=O) groups excluding carboxylic acids is 1. The number of fused-ring (bicyclic) bond motifs is 5. The zero-order valence-corrected chi connectivity index (χ0v) is 26.2. The van der Waals surface area contributed by atoms with Crippen LogP contribution >= 0.6 is 0 Å². The van der Waals surface area contributed by atoms with Crippen molar-refractivity contribution in [3.8, 4) is 6.07 Å². The van der Waals surface area contributed by atoms with Gasteiger partial charge in [0.2, 0.25) is 5.91 Å². The van der Waals surface area contributed by atoms with Crippen molar-refractivity contribution in [2.45, 2.75) is 88.6 Å². The molecule has 7 heterocycles. The lowest BCUT2D eigenvalue weighted by Crippen LogP contribution is -2.69. The van der Waals surface area contributed by atoms with Gasteiger partial charge in [-0.3, -0.25) is 14.4 Å². The van der Waals surface area contributed by atoms with Crippen LogP contribution in [0, 0.1) is 18.3 Å². The lowest BCUT2D eigenvalue weighted by Gasteiger charge is -2.55. The molecule has 2 unspecified atom stereocenters. The molecule has 7 rings (SSSR count). The van der Waals surface area contributed by atoms with Gasteiger partial charge in [-0.15, -0.1) is 0 Å². The zero-order chi connectivity index (χ0) is 31.5. The van der Waals surface area contributed by atoms with Gasteiger partial charge in [-0.25, -0.2) is 13.8 Å². The Balaban J connectivity index is 1.13. The normalized spacial score (nSPS) is 29.8. The van der Waals surface area contributed by atoms with E-state index in [9.17, 15) is 18.8 Å². The summed E-state index contributed by atoms with van der Waals surface area (Å²) in [7, 11) is 0. The molecule has 5 atom stereocenters. The minimum Gasteiger partial charge on any atom is -0.366 e. The molecule has 5 aliphatic heterocycles. The number of nitriles is 1. The molecule has 2 aromatic heterocycles. The predicted octanol–water partition coefficient (Wildman–Crippen LogP) is 4.12. The second kappa shape index (κ2) is 11.7. The van der Waals surface area contributed by atoms with E-state index < -0.39 is 12.0 Å². The summed E-state index contributed by atoms with van der Waals surface area (Å²) in [5.41, 5.74) is 3.06. The van der Waals surface area contributed by atoms with Gasteiger partial charge in [0.15, 0.2) is 0 Å². The molecule has 10 nitrogen and oxygen atoms in total. The Bertz CT molecular complexity index is 1510. The average Bonchev–Trinajstić information content (AvgIpc) is 3.37. The Hall–Kier alpha value is -3.56. The number of aromatic nitrogens is 3. The number of piperazine rings is 1. The molecule has 12 heteroatoms. The van der Waals surface area contributed by atoms with Crippen LogP contribution in [0.3, 0.4) is 0 Å². The largest absolute Gasteiger partial charge is 0.366 e. The Morgan fingerprint density at radius 3 is 2.76 bits per heavy atom. The fourth-order valence-corrected chi connectivity index (χ4v) is 8.64. The van der Waals surface area contributed by atoms with Crippen molar-refractivity contribution in [3.63, 3.8) is 0 Å². The van der Waals surface area contributed by atoms with Crippen molar-refractivity contribution in [1.29, 1.82) is 5.26 Å². The van der Waals surface area contributed by atoms with Crippen LogP contribution in [-0.4, -0.2) is 94.5 Å². The first-order chi connectivity index (χ1) is 21.7. The number of amides is 1. The summed E-state index contributed by atoms with van der Waals surface area (Å²) in [5.74, 6) is 0.583. The summed E-state index contributed by atoms with van der Waals surface area (Å²) >= 11 is 0. The second-order valence-electron chi connectivity index (χ2n) is 13.3. The number of ether oxygens (including phenoxy) is 1. The highest BCUT2D eigenvalue weighted by atomic mass is 19.3. The van der Waals surface area contributed by atoms with Crippen LogP contribution in [-0.2, 0) is 21.6 Å². The van der Waals surface area contributed by atoms with Gasteiger partial charge in [-0.1, -0.05) is 6.58 Å². The standard InChI is InChI=1S/C33H42F2N8O2/c1-4-29(44)40-14-12-39(13-15-40)27-19-42-25(27)7-5-6-24-26(42)16-28(38-30(24)32(34)35)41-11-9-33(17-22(41)3)31-21(2)18-37-43(31)23(8-10-36)20-45-33/h4,16,18,22-23,25,27,32H,1,5-9,11-15,17,19-20H2,2-3H3/t22?,23-,25+,27?,33-/m1/s1. The van der Waals surface area contributed by atoms with E-state index in [2.05, 4.69) is 50.4 Å². The van der Waals surface area contributed by atoms with Crippen LogP contribution in [0.4, 0.5) is 20.3 Å². The first-order valence-electron chi connectivity index (χ1n) is 16.3. The third-order valence-electron chi connectivity index (χ3n) is 10.9. The Morgan fingerprint density at radius 1 is 1.24 bits per heavy atom. The maximum absolute atomic E-state index is 14.6. The summed E-state index contributed by atoms with van der Waals surface area (Å²) in [6, 6.07) is 4.81. The molecule has 0 N–H and O–H groups in total. The van der Waals surface area contributed by atoms with Gasteiger partial charge >= 0.3 is 0 Å². The van der Waals surface area contributed by atoms with Gasteiger partial charge in [-0.2, -0.15) is 10.4 Å². The SMILES string of the molecule is C=CC(=O)N1CCN(C2CN3c4cc(N5CC[C@]6(CC5C)OC[C@@H](CC#N)n5ncc(C)c56)nc(C(F)F)c4CCC[C@@H]23)CC1. The number of aryl methyl sites for hydroxylation is 1. The predicted molar refractivity (Wildman–Crippen MR) is 165 cm³/mol. The summed E-state index contributed by atoms with van der Waals surface area (Å²) in [5, 5.41) is 14.0. The Labute approximate surface area is 263 Å². The minimum atomic E-state index is -2.65. The van der Waals surface area contributed by atoms with E-state index in [4.69, 9.17) is 4.74 Å². The van der Waals surface area contributed by atoms with E-state index in [-0.39, 0.29) is 29.7 Å². The topological polar surface area (TPSA) is 93.8 Å². The summed E-state index contributed by atoms with van der Waals surface area (Å²) < 4.78 is 37.8. The molecule has 3 saturated heterocycles. The van der Waals surface area contributed by atoms with Crippen LogP contribution in [0.25, 0.3) is 0 Å².